The van der Waals surface area contributed by atoms with Crippen molar-refractivity contribution < 1.29 is 18.0 Å². The molecular weight excluding hydrogens is 352 g/mol. The maximum absolute atomic E-state index is 12.5. The third kappa shape index (κ3) is 5.24. The zero-order valence-corrected chi connectivity index (χ0v) is 15.6. The number of ketones is 1. The van der Waals surface area contributed by atoms with E-state index in [-0.39, 0.29) is 29.6 Å². The van der Waals surface area contributed by atoms with Gasteiger partial charge in [0.1, 0.15) is 0 Å². The first-order valence-corrected chi connectivity index (χ1v) is 9.67. The number of Topliss-reactive ketones (excluding diaryl/α,β-unsaturated/α-hetero) is 1. The van der Waals surface area contributed by atoms with Gasteiger partial charge in [-0.15, -0.1) is 0 Å². The molecular formula is C19H22N2O4S. The van der Waals surface area contributed by atoms with Crippen molar-refractivity contribution in [1.29, 1.82) is 0 Å². The molecule has 0 aliphatic carbocycles. The summed E-state index contributed by atoms with van der Waals surface area (Å²) < 4.78 is 26.3. The van der Waals surface area contributed by atoms with Gasteiger partial charge in [0.2, 0.25) is 15.9 Å². The Labute approximate surface area is 153 Å². The molecule has 0 spiro atoms. The lowest BCUT2D eigenvalue weighted by molar-refractivity contribution is -0.116. The summed E-state index contributed by atoms with van der Waals surface area (Å²) in [6.07, 6.45) is 0.623. The van der Waals surface area contributed by atoms with E-state index in [0.29, 0.717) is 17.7 Å². The van der Waals surface area contributed by atoms with E-state index in [0.717, 1.165) is 0 Å². The number of nitrogens with one attached hydrogen (secondary N) is 1. The number of amides is 1. The number of anilines is 1. The number of hydrogen-bond acceptors (Lipinski definition) is 4. The monoisotopic (exact) mass is 374 g/mol. The summed E-state index contributed by atoms with van der Waals surface area (Å²) in [6, 6.07) is 14.9. The van der Waals surface area contributed by atoms with E-state index in [2.05, 4.69) is 5.32 Å². The first-order chi connectivity index (χ1) is 12.3. The van der Waals surface area contributed by atoms with Gasteiger partial charge in [0, 0.05) is 31.3 Å². The van der Waals surface area contributed by atoms with E-state index in [1.807, 2.05) is 18.2 Å². The van der Waals surface area contributed by atoms with Crippen LogP contribution in [0.2, 0.25) is 0 Å². The molecule has 138 valence electrons. The molecule has 0 aromatic heterocycles. The Balaban J connectivity index is 1.88. The molecule has 0 saturated carbocycles. The second-order valence-electron chi connectivity index (χ2n) is 5.92. The molecule has 26 heavy (non-hydrogen) atoms. The Morgan fingerprint density at radius 1 is 1.00 bits per heavy atom. The molecule has 2 rings (SSSR count). The van der Waals surface area contributed by atoms with Gasteiger partial charge in [-0.1, -0.05) is 30.3 Å². The highest BCUT2D eigenvalue weighted by molar-refractivity contribution is 7.89. The van der Waals surface area contributed by atoms with Crippen LogP contribution < -0.4 is 5.32 Å². The molecule has 0 heterocycles. The van der Waals surface area contributed by atoms with Crippen molar-refractivity contribution in [3.05, 3.63) is 60.2 Å². The minimum atomic E-state index is -3.65. The minimum Gasteiger partial charge on any atom is -0.326 e. The van der Waals surface area contributed by atoms with Crippen LogP contribution in [-0.4, -0.2) is 38.0 Å². The van der Waals surface area contributed by atoms with E-state index in [1.165, 1.54) is 42.5 Å². The normalized spacial score (nSPS) is 11.3. The molecule has 0 aliphatic heterocycles. The number of carbonyl (C=O) groups excluding carboxylic acids is 2. The minimum absolute atomic E-state index is 0.119. The number of benzene rings is 2. The Bertz CT molecular complexity index is 862. The van der Waals surface area contributed by atoms with Crippen LogP contribution in [-0.2, 0) is 14.8 Å². The van der Waals surface area contributed by atoms with Crippen LogP contribution in [0, 0.1) is 0 Å². The SMILES string of the molecule is CC(=O)c1ccc(S(=O)(=O)N(C)CCCC(=O)Nc2ccccc2)cc1. The lowest BCUT2D eigenvalue weighted by Crippen LogP contribution is -2.28. The molecule has 1 N–H and O–H groups in total. The van der Waals surface area contributed by atoms with Crippen LogP contribution in [0.5, 0.6) is 0 Å². The number of rotatable bonds is 8. The average molecular weight is 374 g/mol. The standard InChI is InChI=1S/C19H22N2O4S/c1-15(22)16-10-12-18(13-11-16)26(24,25)21(2)14-6-9-19(23)20-17-7-4-3-5-8-17/h3-5,7-8,10-13H,6,9,14H2,1-2H3,(H,20,23). The van der Waals surface area contributed by atoms with E-state index in [1.54, 1.807) is 12.1 Å². The van der Waals surface area contributed by atoms with Crippen LogP contribution >= 0.6 is 0 Å². The molecule has 6 nitrogen and oxygen atoms in total. The van der Waals surface area contributed by atoms with Crippen LogP contribution in [0.4, 0.5) is 5.69 Å². The predicted octanol–water partition coefficient (Wildman–Crippen LogP) is 2.93. The topological polar surface area (TPSA) is 83.6 Å². The number of hydrogen-bond donors (Lipinski definition) is 1. The molecule has 0 saturated heterocycles. The first-order valence-electron chi connectivity index (χ1n) is 8.23. The van der Waals surface area contributed by atoms with Crippen molar-refractivity contribution in [2.75, 3.05) is 18.9 Å². The highest BCUT2D eigenvalue weighted by Crippen LogP contribution is 2.16. The van der Waals surface area contributed by atoms with Gasteiger partial charge in [-0.2, -0.15) is 0 Å². The molecule has 0 bridgehead atoms. The summed E-state index contributed by atoms with van der Waals surface area (Å²) in [4.78, 5) is 23.3. The summed E-state index contributed by atoms with van der Waals surface area (Å²) in [7, 11) is -2.17. The lowest BCUT2D eigenvalue weighted by Gasteiger charge is -2.17. The molecule has 0 fully saturated rings. The molecule has 0 atom stereocenters. The maximum atomic E-state index is 12.5. The van der Waals surface area contributed by atoms with Crippen LogP contribution in [0.1, 0.15) is 30.1 Å². The molecule has 1 amide bonds. The Morgan fingerprint density at radius 2 is 1.62 bits per heavy atom. The molecule has 0 aliphatic rings. The van der Waals surface area contributed by atoms with Crippen molar-refractivity contribution in [2.45, 2.75) is 24.7 Å². The van der Waals surface area contributed by atoms with Crippen LogP contribution in [0.3, 0.4) is 0 Å². The second kappa shape index (κ2) is 8.73. The lowest BCUT2D eigenvalue weighted by atomic mass is 10.2. The van der Waals surface area contributed by atoms with Gasteiger partial charge in [0.25, 0.3) is 0 Å². The molecule has 7 heteroatoms. The first kappa shape index (κ1) is 19.8. The van der Waals surface area contributed by atoms with Gasteiger partial charge in [0.15, 0.2) is 5.78 Å². The molecule has 2 aromatic rings. The predicted molar refractivity (Wildman–Crippen MR) is 101 cm³/mol. The summed E-state index contributed by atoms with van der Waals surface area (Å²) in [5.41, 5.74) is 1.17. The summed E-state index contributed by atoms with van der Waals surface area (Å²) >= 11 is 0. The highest BCUT2D eigenvalue weighted by atomic mass is 32.2. The fraction of sp³-hybridized carbons (Fsp3) is 0.263. The Kier molecular flexibility index (Phi) is 6.65. The van der Waals surface area contributed by atoms with Gasteiger partial charge in [-0.05, 0) is 37.6 Å². The molecule has 0 radical (unpaired) electrons. The van der Waals surface area contributed by atoms with Crippen molar-refractivity contribution in [2.24, 2.45) is 0 Å². The number of nitrogens with zero attached hydrogens (tertiary/aromatic N) is 1. The van der Waals surface area contributed by atoms with Gasteiger partial charge < -0.3 is 5.32 Å². The van der Waals surface area contributed by atoms with Gasteiger partial charge in [-0.25, -0.2) is 12.7 Å². The largest absolute Gasteiger partial charge is 0.326 e. The summed E-state index contributed by atoms with van der Waals surface area (Å²) in [5.74, 6) is -0.278. The van der Waals surface area contributed by atoms with E-state index in [4.69, 9.17) is 0 Å². The Hall–Kier alpha value is -2.51. The second-order valence-corrected chi connectivity index (χ2v) is 7.97. The average Bonchev–Trinajstić information content (AvgIpc) is 2.62. The zero-order valence-electron chi connectivity index (χ0n) is 14.8. The fourth-order valence-electron chi connectivity index (χ4n) is 2.37. The molecule has 2 aromatic carbocycles. The highest BCUT2D eigenvalue weighted by Gasteiger charge is 2.20. The van der Waals surface area contributed by atoms with Crippen molar-refractivity contribution in [3.63, 3.8) is 0 Å². The zero-order chi connectivity index (χ0) is 19.2. The van der Waals surface area contributed by atoms with E-state index in [9.17, 15) is 18.0 Å². The van der Waals surface area contributed by atoms with Gasteiger partial charge in [0.05, 0.1) is 4.90 Å². The van der Waals surface area contributed by atoms with Gasteiger partial charge >= 0.3 is 0 Å². The van der Waals surface area contributed by atoms with Crippen molar-refractivity contribution >= 4 is 27.4 Å². The number of sulfonamides is 1. The fourth-order valence-corrected chi connectivity index (χ4v) is 3.58. The Morgan fingerprint density at radius 3 is 2.19 bits per heavy atom. The van der Waals surface area contributed by atoms with Crippen LogP contribution in [0.25, 0.3) is 0 Å². The van der Waals surface area contributed by atoms with Crippen molar-refractivity contribution in [1.82, 2.24) is 4.31 Å². The quantitative estimate of drug-likeness (QED) is 0.720. The van der Waals surface area contributed by atoms with Crippen LogP contribution in [0.15, 0.2) is 59.5 Å². The number of para-hydroxylation sites is 1. The van der Waals surface area contributed by atoms with Crippen molar-refractivity contribution in [3.8, 4) is 0 Å². The third-order valence-electron chi connectivity index (χ3n) is 3.90. The third-order valence-corrected chi connectivity index (χ3v) is 5.77. The maximum Gasteiger partial charge on any atom is 0.242 e. The smallest absolute Gasteiger partial charge is 0.242 e. The summed E-state index contributed by atoms with van der Waals surface area (Å²) in [5, 5.41) is 2.76. The van der Waals surface area contributed by atoms with Gasteiger partial charge in [-0.3, -0.25) is 9.59 Å². The van der Waals surface area contributed by atoms with E-state index < -0.39 is 10.0 Å². The summed E-state index contributed by atoms with van der Waals surface area (Å²) in [6.45, 7) is 1.65. The number of carbonyl (C=O) groups is 2. The van der Waals surface area contributed by atoms with E-state index >= 15 is 0 Å². The molecule has 0 unspecified atom stereocenters.